The first kappa shape index (κ1) is 11.9. The Morgan fingerprint density at radius 2 is 2.33 bits per heavy atom. The van der Waals surface area contributed by atoms with Crippen molar-refractivity contribution in [3.8, 4) is 5.88 Å². The van der Waals surface area contributed by atoms with Gasteiger partial charge in [0.2, 0.25) is 11.8 Å². The molecule has 0 spiro atoms. The van der Waals surface area contributed by atoms with Gasteiger partial charge in [0.05, 0.1) is 18.4 Å². The molecule has 15 heavy (non-hydrogen) atoms. The SMILES string of the molecule is CC(=O)N[C@@H](C)COc1cnc(Br)cn1. The third-order valence-corrected chi connectivity index (χ3v) is 1.94. The van der Waals surface area contributed by atoms with Crippen molar-refractivity contribution in [2.45, 2.75) is 19.9 Å². The Labute approximate surface area is 96.4 Å². The van der Waals surface area contributed by atoms with Gasteiger partial charge in [0, 0.05) is 6.92 Å². The van der Waals surface area contributed by atoms with Gasteiger partial charge in [-0.3, -0.25) is 4.79 Å². The highest BCUT2D eigenvalue weighted by atomic mass is 79.9. The Morgan fingerprint density at radius 3 is 2.87 bits per heavy atom. The number of carbonyl (C=O) groups excluding carboxylic acids is 1. The molecular weight excluding hydrogens is 262 g/mol. The lowest BCUT2D eigenvalue weighted by atomic mass is 10.3. The number of nitrogens with one attached hydrogen (secondary N) is 1. The smallest absolute Gasteiger partial charge is 0.232 e. The first-order chi connectivity index (χ1) is 7.08. The molecule has 1 atom stereocenters. The normalized spacial score (nSPS) is 11.9. The molecular formula is C9H12BrN3O2. The minimum Gasteiger partial charge on any atom is -0.474 e. The summed E-state index contributed by atoms with van der Waals surface area (Å²) in [5.41, 5.74) is 0. The molecule has 5 nitrogen and oxygen atoms in total. The minimum absolute atomic E-state index is 0.0482. The summed E-state index contributed by atoms with van der Waals surface area (Å²) in [6.45, 7) is 3.69. The Bertz CT molecular complexity index is 329. The van der Waals surface area contributed by atoms with E-state index in [1.807, 2.05) is 6.92 Å². The van der Waals surface area contributed by atoms with Crippen molar-refractivity contribution in [1.29, 1.82) is 0 Å². The quantitative estimate of drug-likeness (QED) is 0.894. The number of aromatic nitrogens is 2. The summed E-state index contributed by atoms with van der Waals surface area (Å²) < 4.78 is 5.97. The lowest BCUT2D eigenvalue weighted by Crippen LogP contribution is -2.35. The van der Waals surface area contributed by atoms with E-state index < -0.39 is 0 Å². The van der Waals surface area contributed by atoms with Gasteiger partial charge in [0.1, 0.15) is 11.2 Å². The van der Waals surface area contributed by atoms with E-state index in [1.54, 1.807) is 6.20 Å². The predicted octanol–water partition coefficient (Wildman–Crippen LogP) is 1.14. The Morgan fingerprint density at radius 1 is 1.60 bits per heavy atom. The van der Waals surface area contributed by atoms with Crippen LogP contribution in [-0.4, -0.2) is 28.5 Å². The van der Waals surface area contributed by atoms with E-state index in [0.717, 1.165) is 0 Å². The van der Waals surface area contributed by atoms with E-state index >= 15 is 0 Å². The molecule has 82 valence electrons. The van der Waals surface area contributed by atoms with E-state index in [9.17, 15) is 4.79 Å². The van der Waals surface area contributed by atoms with E-state index in [4.69, 9.17) is 4.74 Å². The van der Waals surface area contributed by atoms with E-state index in [1.165, 1.54) is 13.1 Å². The van der Waals surface area contributed by atoms with Crippen LogP contribution in [-0.2, 0) is 4.79 Å². The summed E-state index contributed by atoms with van der Waals surface area (Å²) >= 11 is 3.17. The lowest BCUT2D eigenvalue weighted by molar-refractivity contribution is -0.119. The molecule has 1 heterocycles. The molecule has 1 rings (SSSR count). The highest BCUT2D eigenvalue weighted by Crippen LogP contribution is 2.08. The zero-order valence-corrected chi connectivity index (χ0v) is 10.1. The van der Waals surface area contributed by atoms with Gasteiger partial charge in [-0.1, -0.05) is 0 Å². The standard InChI is InChI=1S/C9H12BrN3O2/c1-6(13-7(2)14)5-15-9-4-11-8(10)3-12-9/h3-4,6H,5H2,1-2H3,(H,13,14)/t6-/m0/s1. The zero-order chi connectivity index (χ0) is 11.3. The summed E-state index contributed by atoms with van der Waals surface area (Å²) in [4.78, 5) is 18.7. The van der Waals surface area contributed by atoms with E-state index in [2.05, 4.69) is 31.2 Å². The monoisotopic (exact) mass is 273 g/mol. The number of rotatable bonds is 4. The van der Waals surface area contributed by atoms with Gasteiger partial charge in [-0.2, -0.15) is 0 Å². The van der Waals surface area contributed by atoms with Gasteiger partial charge in [0.15, 0.2) is 0 Å². The summed E-state index contributed by atoms with van der Waals surface area (Å²) in [6.07, 6.45) is 3.07. The van der Waals surface area contributed by atoms with Crippen LogP contribution in [0.2, 0.25) is 0 Å². The fraction of sp³-hybridized carbons (Fsp3) is 0.444. The Hall–Kier alpha value is -1.17. The van der Waals surface area contributed by atoms with Crippen molar-refractivity contribution in [1.82, 2.24) is 15.3 Å². The fourth-order valence-electron chi connectivity index (χ4n) is 0.974. The zero-order valence-electron chi connectivity index (χ0n) is 8.53. The molecule has 0 aliphatic heterocycles. The highest BCUT2D eigenvalue weighted by molar-refractivity contribution is 9.10. The van der Waals surface area contributed by atoms with E-state index in [-0.39, 0.29) is 11.9 Å². The number of nitrogens with zero attached hydrogens (tertiary/aromatic N) is 2. The molecule has 1 amide bonds. The number of carbonyl (C=O) groups is 1. The van der Waals surface area contributed by atoms with Gasteiger partial charge < -0.3 is 10.1 Å². The second-order valence-electron chi connectivity index (χ2n) is 3.09. The maximum atomic E-state index is 10.7. The topological polar surface area (TPSA) is 64.1 Å². The second-order valence-corrected chi connectivity index (χ2v) is 3.90. The second kappa shape index (κ2) is 5.65. The van der Waals surface area contributed by atoms with Crippen LogP contribution in [0, 0.1) is 0 Å². The first-order valence-corrected chi connectivity index (χ1v) is 5.24. The number of halogens is 1. The predicted molar refractivity (Wildman–Crippen MR) is 58.5 cm³/mol. The Kier molecular flexibility index (Phi) is 4.48. The van der Waals surface area contributed by atoms with Crippen molar-refractivity contribution < 1.29 is 9.53 Å². The minimum atomic E-state index is -0.0759. The van der Waals surface area contributed by atoms with Crippen LogP contribution in [0.1, 0.15) is 13.8 Å². The van der Waals surface area contributed by atoms with Crippen LogP contribution >= 0.6 is 15.9 Å². The highest BCUT2D eigenvalue weighted by Gasteiger charge is 2.04. The van der Waals surface area contributed by atoms with Crippen molar-refractivity contribution in [3.05, 3.63) is 17.0 Å². The molecule has 0 aliphatic rings. The van der Waals surface area contributed by atoms with Crippen molar-refractivity contribution in [3.63, 3.8) is 0 Å². The lowest BCUT2D eigenvalue weighted by Gasteiger charge is -2.12. The van der Waals surface area contributed by atoms with E-state index in [0.29, 0.717) is 17.1 Å². The molecule has 0 aromatic carbocycles. The van der Waals surface area contributed by atoms with Crippen molar-refractivity contribution in [2.24, 2.45) is 0 Å². The van der Waals surface area contributed by atoms with Crippen LogP contribution in [0.15, 0.2) is 17.0 Å². The number of hydrogen-bond acceptors (Lipinski definition) is 4. The van der Waals surface area contributed by atoms with Gasteiger partial charge in [-0.25, -0.2) is 9.97 Å². The molecule has 1 N–H and O–H groups in total. The summed E-state index contributed by atoms with van der Waals surface area (Å²) in [6, 6.07) is -0.0482. The Balaban J connectivity index is 2.36. The molecule has 0 radical (unpaired) electrons. The molecule has 0 saturated heterocycles. The maximum Gasteiger partial charge on any atom is 0.232 e. The number of ether oxygens (including phenoxy) is 1. The van der Waals surface area contributed by atoms with Crippen molar-refractivity contribution >= 4 is 21.8 Å². The van der Waals surface area contributed by atoms with Gasteiger partial charge in [0.25, 0.3) is 0 Å². The summed E-state index contributed by atoms with van der Waals surface area (Å²) in [7, 11) is 0. The molecule has 0 fully saturated rings. The number of hydrogen-bond donors (Lipinski definition) is 1. The molecule has 1 aromatic rings. The maximum absolute atomic E-state index is 10.7. The summed E-state index contributed by atoms with van der Waals surface area (Å²) in [5, 5.41) is 2.70. The first-order valence-electron chi connectivity index (χ1n) is 4.45. The average molecular weight is 274 g/mol. The van der Waals surface area contributed by atoms with Gasteiger partial charge in [-0.05, 0) is 22.9 Å². The van der Waals surface area contributed by atoms with Crippen LogP contribution in [0.5, 0.6) is 5.88 Å². The molecule has 0 unspecified atom stereocenters. The number of amides is 1. The summed E-state index contributed by atoms with van der Waals surface area (Å²) in [5.74, 6) is 0.364. The third-order valence-electron chi connectivity index (χ3n) is 1.53. The van der Waals surface area contributed by atoms with Gasteiger partial charge in [-0.15, -0.1) is 0 Å². The van der Waals surface area contributed by atoms with Crippen LogP contribution in [0.25, 0.3) is 0 Å². The van der Waals surface area contributed by atoms with Crippen LogP contribution in [0.4, 0.5) is 0 Å². The van der Waals surface area contributed by atoms with Crippen LogP contribution in [0.3, 0.4) is 0 Å². The molecule has 0 bridgehead atoms. The van der Waals surface area contributed by atoms with Crippen LogP contribution < -0.4 is 10.1 Å². The van der Waals surface area contributed by atoms with Gasteiger partial charge >= 0.3 is 0 Å². The molecule has 0 saturated carbocycles. The molecule has 6 heteroatoms. The molecule has 0 aliphatic carbocycles. The fourth-order valence-corrected chi connectivity index (χ4v) is 1.18. The largest absolute Gasteiger partial charge is 0.474 e. The third kappa shape index (κ3) is 4.73. The average Bonchev–Trinajstić information content (AvgIpc) is 2.16. The molecule has 1 aromatic heterocycles. The van der Waals surface area contributed by atoms with Crippen molar-refractivity contribution in [2.75, 3.05) is 6.61 Å².